The maximum absolute atomic E-state index is 13.7. The van der Waals surface area contributed by atoms with Crippen molar-refractivity contribution in [3.8, 4) is 11.4 Å². The Balaban J connectivity index is 1.54. The molecule has 3 aromatic rings. The molecule has 0 bridgehead atoms. The van der Waals surface area contributed by atoms with Crippen LogP contribution in [0.25, 0.3) is 11.4 Å². The van der Waals surface area contributed by atoms with Crippen molar-refractivity contribution in [3.05, 3.63) is 75.6 Å². The smallest absolute Gasteiger partial charge is 0.254 e. The summed E-state index contributed by atoms with van der Waals surface area (Å²) < 4.78 is 14.6. The van der Waals surface area contributed by atoms with Crippen LogP contribution in [0.15, 0.2) is 53.0 Å². The van der Waals surface area contributed by atoms with Crippen LogP contribution in [-0.4, -0.2) is 47.0 Å². The monoisotopic (exact) mass is 468 g/mol. The van der Waals surface area contributed by atoms with Crippen LogP contribution in [0.3, 0.4) is 0 Å². The van der Waals surface area contributed by atoms with Crippen molar-refractivity contribution >= 4 is 27.7 Å². The van der Waals surface area contributed by atoms with Crippen LogP contribution in [0.5, 0.6) is 0 Å². The first-order valence-electron chi connectivity index (χ1n) is 9.83. The van der Waals surface area contributed by atoms with Crippen molar-refractivity contribution in [2.24, 2.45) is 0 Å². The van der Waals surface area contributed by atoms with Crippen LogP contribution in [-0.2, 0) is 0 Å². The Hall–Kier alpha value is -2.80. The van der Waals surface area contributed by atoms with E-state index in [9.17, 15) is 9.18 Å². The summed E-state index contributed by atoms with van der Waals surface area (Å²) >= 11 is 3.42. The van der Waals surface area contributed by atoms with Gasteiger partial charge in [-0.05, 0) is 44.2 Å². The molecule has 2 heterocycles. The molecule has 1 aliphatic rings. The quantitative estimate of drug-likeness (QED) is 0.562. The zero-order valence-electron chi connectivity index (χ0n) is 16.9. The maximum Gasteiger partial charge on any atom is 0.254 e. The molecule has 0 atom stereocenters. The molecular formula is C23H22BrFN4O. The summed E-state index contributed by atoms with van der Waals surface area (Å²) in [5.41, 5.74) is 3.21. The van der Waals surface area contributed by atoms with Gasteiger partial charge in [0.1, 0.15) is 11.6 Å². The van der Waals surface area contributed by atoms with Gasteiger partial charge in [0.15, 0.2) is 5.82 Å². The molecule has 5 nitrogen and oxygen atoms in total. The summed E-state index contributed by atoms with van der Waals surface area (Å²) in [6.45, 7) is 6.53. The van der Waals surface area contributed by atoms with Crippen molar-refractivity contribution in [2.75, 3.05) is 31.1 Å². The average molecular weight is 469 g/mol. The van der Waals surface area contributed by atoms with Gasteiger partial charge in [0, 0.05) is 53.0 Å². The van der Waals surface area contributed by atoms with E-state index >= 15 is 0 Å². The van der Waals surface area contributed by atoms with Crippen molar-refractivity contribution < 1.29 is 9.18 Å². The predicted octanol–water partition coefficient (Wildman–Crippen LogP) is 4.62. The minimum absolute atomic E-state index is 0.0342. The zero-order valence-corrected chi connectivity index (χ0v) is 18.5. The second-order valence-corrected chi connectivity index (χ2v) is 8.30. The number of rotatable bonds is 3. The second kappa shape index (κ2) is 8.52. The van der Waals surface area contributed by atoms with Crippen LogP contribution in [0.2, 0.25) is 0 Å². The molecule has 0 aliphatic carbocycles. The molecule has 30 heavy (non-hydrogen) atoms. The number of aromatic nitrogens is 2. The fraction of sp³-hybridized carbons (Fsp3) is 0.261. The highest BCUT2D eigenvalue weighted by molar-refractivity contribution is 9.10. The lowest BCUT2D eigenvalue weighted by molar-refractivity contribution is 0.0746. The van der Waals surface area contributed by atoms with Gasteiger partial charge < -0.3 is 9.80 Å². The third kappa shape index (κ3) is 4.21. The number of hydrogen-bond acceptors (Lipinski definition) is 4. The van der Waals surface area contributed by atoms with Gasteiger partial charge >= 0.3 is 0 Å². The van der Waals surface area contributed by atoms with Gasteiger partial charge in [-0.25, -0.2) is 14.4 Å². The topological polar surface area (TPSA) is 49.3 Å². The molecule has 0 unspecified atom stereocenters. The number of carbonyl (C=O) groups is 1. The number of hydrogen-bond donors (Lipinski definition) is 0. The molecule has 0 saturated carbocycles. The third-order valence-electron chi connectivity index (χ3n) is 5.38. The third-order valence-corrected chi connectivity index (χ3v) is 5.88. The van der Waals surface area contributed by atoms with Crippen molar-refractivity contribution in [3.63, 3.8) is 0 Å². The highest BCUT2D eigenvalue weighted by Gasteiger charge is 2.25. The standard InChI is InChI=1S/C23H22BrFN4O/c1-15-16(2)26-21(17-5-4-8-20(25)14-17)27-22(15)28-9-11-29(12-10-28)23(30)18-6-3-7-19(24)13-18/h3-8,13-14H,9-12H2,1-2H3. The first-order chi connectivity index (χ1) is 14.4. The van der Waals surface area contributed by atoms with Crippen molar-refractivity contribution in [2.45, 2.75) is 13.8 Å². The Morgan fingerprint density at radius 1 is 1.00 bits per heavy atom. The predicted molar refractivity (Wildman–Crippen MR) is 119 cm³/mol. The number of anilines is 1. The second-order valence-electron chi connectivity index (χ2n) is 7.38. The highest BCUT2D eigenvalue weighted by Crippen LogP contribution is 2.26. The van der Waals surface area contributed by atoms with Gasteiger partial charge in [-0.3, -0.25) is 4.79 Å². The highest BCUT2D eigenvalue weighted by atomic mass is 79.9. The average Bonchev–Trinajstić information content (AvgIpc) is 2.75. The Kier molecular flexibility index (Phi) is 5.81. The first kappa shape index (κ1) is 20.5. The molecule has 1 aliphatic heterocycles. The number of amides is 1. The molecule has 0 radical (unpaired) electrons. The molecule has 1 amide bonds. The van der Waals surface area contributed by atoms with E-state index in [-0.39, 0.29) is 11.7 Å². The van der Waals surface area contributed by atoms with E-state index in [1.54, 1.807) is 6.07 Å². The van der Waals surface area contributed by atoms with Gasteiger partial charge in [0.2, 0.25) is 0 Å². The van der Waals surface area contributed by atoms with Crippen molar-refractivity contribution in [1.29, 1.82) is 0 Å². The minimum atomic E-state index is -0.310. The minimum Gasteiger partial charge on any atom is -0.353 e. The van der Waals surface area contributed by atoms with Crippen molar-refractivity contribution in [1.82, 2.24) is 14.9 Å². The SMILES string of the molecule is Cc1nc(-c2cccc(F)c2)nc(N2CCN(C(=O)c3cccc(Br)c3)CC2)c1C. The summed E-state index contributed by atoms with van der Waals surface area (Å²) in [4.78, 5) is 26.2. The van der Waals surface area contributed by atoms with Crippen LogP contribution in [0, 0.1) is 19.7 Å². The molecule has 1 saturated heterocycles. The summed E-state index contributed by atoms with van der Waals surface area (Å²) in [6, 6.07) is 13.8. The lowest BCUT2D eigenvalue weighted by atomic mass is 10.1. The van der Waals surface area contributed by atoms with E-state index in [4.69, 9.17) is 4.98 Å². The molecule has 4 rings (SSSR count). The van der Waals surface area contributed by atoms with E-state index in [1.165, 1.54) is 12.1 Å². The molecule has 1 aromatic heterocycles. The van der Waals surface area contributed by atoms with Gasteiger partial charge in [0.05, 0.1) is 0 Å². The molecule has 154 valence electrons. The summed E-state index contributed by atoms with van der Waals surface area (Å²) in [6.07, 6.45) is 0. The van der Waals surface area contributed by atoms with Crippen LogP contribution >= 0.6 is 15.9 Å². The lowest BCUT2D eigenvalue weighted by Gasteiger charge is -2.36. The zero-order chi connectivity index (χ0) is 21.3. The number of nitrogens with zero attached hydrogens (tertiary/aromatic N) is 4. The molecule has 7 heteroatoms. The van der Waals surface area contributed by atoms with Gasteiger partial charge in [-0.2, -0.15) is 0 Å². The first-order valence-corrected chi connectivity index (χ1v) is 10.6. The molecule has 1 fully saturated rings. The van der Waals surface area contributed by atoms with Crippen LogP contribution in [0.1, 0.15) is 21.6 Å². The summed E-state index contributed by atoms with van der Waals surface area (Å²) in [7, 11) is 0. The Morgan fingerprint density at radius 3 is 2.43 bits per heavy atom. The number of halogens is 2. The van der Waals surface area contributed by atoms with Gasteiger partial charge in [-0.1, -0.05) is 34.1 Å². The number of benzene rings is 2. The number of aryl methyl sites for hydroxylation is 1. The normalized spacial score (nSPS) is 14.1. The van der Waals surface area contributed by atoms with E-state index in [1.807, 2.05) is 49.1 Å². The van der Waals surface area contributed by atoms with Gasteiger partial charge in [-0.15, -0.1) is 0 Å². The molecule has 2 aromatic carbocycles. The maximum atomic E-state index is 13.7. The molecule has 0 spiro atoms. The largest absolute Gasteiger partial charge is 0.353 e. The van der Waals surface area contributed by atoms with Gasteiger partial charge in [0.25, 0.3) is 5.91 Å². The Bertz CT molecular complexity index is 1100. The Morgan fingerprint density at radius 2 is 1.73 bits per heavy atom. The molecule has 0 N–H and O–H groups in total. The fourth-order valence-corrected chi connectivity index (χ4v) is 4.00. The van der Waals surface area contributed by atoms with Crippen LogP contribution < -0.4 is 4.90 Å². The van der Waals surface area contributed by atoms with E-state index < -0.39 is 0 Å². The number of piperazine rings is 1. The fourth-order valence-electron chi connectivity index (χ4n) is 3.60. The van der Waals surface area contributed by atoms with E-state index in [0.717, 1.165) is 21.5 Å². The Labute approximate surface area is 183 Å². The lowest BCUT2D eigenvalue weighted by Crippen LogP contribution is -2.49. The number of carbonyl (C=O) groups excluding carboxylic acids is 1. The summed E-state index contributed by atoms with van der Waals surface area (Å²) in [5.74, 6) is 1.08. The molecular weight excluding hydrogens is 447 g/mol. The van der Waals surface area contributed by atoms with Crippen LogP contribution in [0.4, 0.5) is 10.2 Å². The summed E-state index contributed by atoms with van der Waals surface area (Å²) in [5, 5.41) is 0. The van der Waals surface area contributed by atoms with E-state index in [2.05, 4.69) is 25.8 Å². The van der Waals surface area contributed by atoms with E-state index in [0.29, 0.717) is 43.1 Å².